The van der Waals surface area contributed by atoms with Gasteiger partial charge in [-0.05, 0) is 36.8 Å². The minimum Gasteiger partial charge on any atom is -0.341 e. The lowest BCUT2D eigenvalue weighted by Crippen LogP contribution is -2.44. The molecule has 8 nitrogen and oxygen atoms in total. The van der Waals surface area contributed by atoms with E-state index in [9.17, 15) is 13.2 Å². The molecule has 1 aliphatic heterocycles. The van der Waals surface area contributed by atoms with Gasteiger partial charge >= 0.3 is 0 Å². The number of hydrogen-bond donors (Lipinski definition) is 1. The SMILES string of the molecule is CC1CCCN(C(=O)C(C(C)C)n2cc(-c3ccc(S(N)(=O)=O)cc3)nn2)C1. The average Bonchev–Trinajstić information content (AvgIpc) is 3.10. The van der Waals surface area contributed by atoms with Crippen molar-refractivity contribution in [3.05, 3.63) is 30.5 Å². The molecule has 0 spiro atoms. The third-order valence-electron chi connectivity index (χ3n) is 5.13. The van der Waals surface area contributed by atoms with Crippen LogP contribution >= 0.6 is 0 Å². The number of rotatable bonds is 5. The number of amides is 1. The molecular formula is C19H27N5O3S. The van der Waals surface area contributed by atoms with Gasteiger partial charge in [0, 0.05) is 18.7 Å². The summed E-state index contributed by atoms with van der Waals surface area (Å²) in [4.78, 5) is 15.1. The molecule has 0 saturated carbocycles. The summed E-state index contributed by atoms with van der Waals surface area (Å²) in [5, 5.41) is 13.5. The normalized spacial score (nSPS) is 19.0. The zero-order chi connectivity index (χ0) is 20.5. The Morgan fingerprint density at radius 3 is 2.50 bits per heavy atom. The van der Waals surface area contributed by atoms with Gasteiger partial charge in [-0.15, -0.1) is 5.10 Å². The van der Waals surface area contributed by atoms with Gasteiger partial charge in [0.05, 0.1) is 11.1 Å². The maximum absolute atomic E-state index is 13.1. The van der Waals surface area contributed by atoms with Gasteiger partial charge in [0.15, 0.2) is 0 Å². The van der Waals surface area contributed by atoms with E-state index in [1.807, 2.05) is 18.7 Å². The molecule has 152 valence electrons. The lowest BCUT2D eigenvalue weighted by atomic mass is 9.97. The number of primary sulfonamides is 1. The minimum atomic E-state index is -3.74. The molecule has 1 amide bonds. The third-order valence-corrected chi connectivity index (χ3v) is 6.06. The number of hydrogen-bond acceptors (Lipinski definition) is 5. The van der Waals surface area contributed by atoms with Gasteiger partial charge in [0.25, 0.3) is 0 Å². The van der Waals surface area contributed by atoms with E-state index in [2.05, 4.69) is 17.2 Å². The highest BCUT2D eigenvalue weighted by molar-refractivity contribution is 7.89. The van der Waals surface area contributed by atoms with Crippen LogP contribution in [0.5, 0.6) is 0 Å². The fraction of sp³-hybridized carbons (Fsp3) is 0.526. The number of nitrogens with two attached hydrogens (primary N) is 1. The molecule has 0 bridgehead atoms. The number of sulfonamides is 1. The van der Waals surface area contributed by atoms with Gasteiger partial charge in [-0.25, -0.2) is 18.2 Å². The van der Waals surface area contributed by atoms with Gasteiger partial charge in [0.1, 0.15) is 11.7 Å². The summed E-state index contributed by atoms with van der Waals surface area (Å²) in [5.74, 6) is 0.640. The number of likely N-dealkylation sites (tertiary alicyclic amines) is 1. The van der Waals surface area contributed by atoms with Crippen LogP contribution in [0.1, 0.15) is 39.7 Å². The Labute approximate surface area is 165 Å². The molecular weight excluding hydrogens is 378 g/mol. The van der Waals surface area contributed by atoms with Crippen molar-refractivity contribution >= 4 is 15.9 Å². The molecule has 28 heavy (non-hydrogen) atoms. The fourth-order valence-electron chi connectivity index (χ4n) is 3.64. The van der Waals surface area contributed by atoms with Crippen molar-refractivity contribution in [1.29, 1.82) is 0 Å². The Kier molecular flexibility index (Phi) is 5.85. The quantitative estimate of drug-likeness (QED) is 0.818. The average molecular weight is 406 g/mol. The molecule has 0 radical (unpaired) electrons. The molecule has 1 aliphatic rings. The second-order valence-corrected chi connectivity index (χ2v) is 9.44. The molecule has 3 rings (SSSR count). The number of aromatic nitrogens is 3. The van der Waals surface area contributed by atoms with Crippen molar-refractivity contribution in [2.75, 3.05) is 13.1 Å². The standard InChI is InChI=1S/C19H27N5O3S/c1-13(2)18(19(25)23-10-4-5-14(3)11-23)24-12-17(21-22-24)15-6-8-16(9-7-15)28(20,26)27/h6-9,12-14,18H,4-5,10-11H2,1-3H3,(H2,20,26,27). The van der Waals surface area contributed by atoms with Gasteiger partial charge in [0.2, 0.25) is 15.9 Å². The van der Waals surface area contributed by atoms with Crippen LogP contribution in [0.3, 0.4) is 0 Å². The fourth-order valence-corrected chi connectivity index (χ4v) is 4.16. The van der Waals surface area contributed by atoms with Crippen molar-refractivity contribution in [2.24, 2.45) is 17.0 Å². The van der Waals surface area contributed by atoms with Crippen LogP contribution in [0.2, 0.25) is 0 Å². The maximum Gasteiger partial charge on any atom is 0.247 e. The van der Waals surface area contributed by atoms with Crippen LogP contribution in [0.4, 0.5) is 0 Å². The summed E-state index contributed by atoms with van der Waals surface area (Å²) in [7, 11) is -3.74. The smallest absolute Gasteiger partial charge is 0.247 e. The lowest BCUT2D eigenvalue weighted by molar-refractivity contribution is -0.138. The summed E-state index contributed by atoms with van der Waals surface area (Å²) < 4.78 is 24.4. The van der Waals surface area contributed by atoms with Crippen LogP contribution in [-0.4, -0.2) is 47.3 Å². The zero-order valence-electron chi connectivity index (χ0n) is 16.4. The second kappa shape index (κ2) is 8.00. The van der Waals surface area contributed by atoms with E-state index in [4.69, 9.17) is 5.14 Å². The Morgan fingerprint density at radius 2 is 1.93 bits per heavy atom. The molecule has 0 aliphatic carbocycles. The molecule has 2 heterocycles. The number of carbonyl (C=O) groups is 1. The maximum atomic E-state index is 13.1. The van der Waals surface area contributed by atoms with Crippen molar-refractivity contribution in [1.82, 2.24) is 19.9 Å². The van der Waals surface area contributed by atoms with Gasteiger partial charge in [-0.1, -0.05) is 38.1 Å². The monoisotopic (exact) mass is 405 g/mol. The van der Waals surface area contributed by atoms with Crippen molar-refractivity contribution in [2.45, 2.75) is 44.6 Å². The topological polar surface area (TPSA) is 111 Å². The summed E-state index contributed by atoms with van der Waals surface area (Å²) in [6, 6.07) is 5.71. The van der Waals surface area contributed by atoms with Gasteiger partial charge in [-0.2, -0.15) is 0 Å². The first-order valence-corrected chi connectivity index (χ1v) is 11.1. The number of carbonyl (C=O) groups excluding carboxylic acids is 1. The Balaban J connectivity index is 1.84. The predicted octanol–water partition coefficient (Wildman–Crippen LogP) is 2.05. The van der Waals surface area contributed by atoms with Gasteiger partial charge < -0.3 is 4.90 Å². The highest BCUT2D eigenvalue weighted by Crippen LogP contribution is 2.26. The molecule has 1 aromatic heterocycles. The van der Waals surface area contributed by atoms with Crippen LogP contribution < -0.4 is 5.14 Å². The summed E-state index contributed by atoms with van der Waals surface area (Å²) in [5.41, 5.74) is 1.28. The highest BCUT2D eigenvalue weighted by atomic mass is 32.2. The van der Waals surface area contributed by atoms with E-state index in [1.165, 1.54) is 12.1 Å². The van der Waals surface area contributed by atoms with E-state index in [0.717, 1.165) is 25.9 Å². The van der Waals surface area contributed by atoms with Gasteiger partial charge in [-0.3, -0.25) is 4.79 Å². The van der Waals surface area contributed by atoms with E-state index in [-0.39, 0.29) is 16.7 Å². The van der Waals surface area contributed by atoms with Crippen LogP contribution in [-0.2, 0) is 14.8 Å². The first-order chi connectivity index (χ1) is 13.2. The summed E-state index contributed by atoms with van der Waals surface area (Å²) >= 11 is 0. The van der Waals surface area contributed by atoms with Crippen LogP contribution in [0, 0.1) is 11.8 Å². The van der Waals surface area contributed by atoms with Crippen molar-refractivity contribution < 1.29 is 13.2 Å². The van der Waals surface area contributed by atoms with E-state index in [1.54, 1.807) is 23.0 Å². The molecule has 2 unspecified atom stereocenters. The Bertz CT molecular complexity index is 937. The van der Waals surface area contributed by atoms with E-state index in [0.29, 0.717) is 17.2 Å². The van der Waals surface area contributed by atoms with E-state index >= 15 is 0 Å². The predicted molar refractivity (Wildman–Crippen MR) is 106 cm³/mol. The number of benzene rings is 1. The molecule has 2 N–H and O–H groups in total. The lowest BCUT2D eigenvalue weighted by Gasteiger charge is -2.34. The molecule has 2 aromatic rings. The van der Waals surface area contributed by atoms with Crippen molar-refractivity contribution in [3.63, 3.8) is 0 Å². The van der Waals surface area contributed by atoms with Crippen LogP contribution in [0.25, 0.3) is 11.3 Å². The van der Waals surface area contributed by atoms with Crippen LogP contribution in [0.15, 0.2) is 35.4 Å². The first kappa shape index (κ1) is 20.5. The number of nitrogens with zero attached hydrogens (tertiary/aromatic N) is 4. The summed E-state index contributed by atoms with van der Waals surface area (Å²) in [6.07, 6.45) is 3.91. The Morgan fingerprint density at radius 1 is 1.25 bits per heavy atom. The molecule has 1 aromatic carbocycles. The molecule has 2 atom stereocenters. The molecule has 1 fully saturated rings. The largest absolute Gasteiger partial charge is 0.341 e. The molecule has 1 saturated heterocycles. The molecule has 9 heteroatoms. The summed E-state index contributed by atoms with van der Waals surface area (Å²) in [6.45, 7) is 7.72. The van der Waals surface area contributed by atoms with Crippen molar-refractivity contribution in [3.8, 4) is 11.3 Å². The van der Waals surface area contributed by atoms with E-state index < -0.39 is 16.1 Å². The zero-order valence-corrected chi connectivity index (χ0v) is 17.3. The Hall–Kier alpha value is -2.26. The minimum absolute atomic E-state index is 0.0399. The second-order valence-electron chi connectivity index (χ2n) is 7.87. The highest BCUT2D eigenvalue weighted by Gasteiger charge is 2.32. The number of piperidine rings is 1. The third kappa shape index (κ3) is 4.41. The first-order valence-electron chi connectivity index (χ1n) is 9.50.